The lowest BCUT2D eigenvalue weighted by molar-refractivity contribution is -0.130. The average molecular weight is 256 g/mol. The van der Waals surface area contributed by atoms with Gasteiger partial charge in [0.1, 0.15) is 6.10 Å². The maximum Gasteiger partial charge on any atom is 0.175 e. The largest absolute Gasteiger partial charge is 0.381 e. The molecule has 0 heterocycles. The van der Waals surface area contributed by atoms with E-state index in [2.05, 4.69) is 0 Å². The third-order valence-corrected chi connectivity index (χ3v) is 3.59. The normalized spacial score (nSPS) is 13.7. The number of sulfone groups is 1. The summed E-state index contributed by atoms with van der Waals surface area (Å²) in [6, 6.07) is 5.70. The molecule has 0 spiro atoms. The standard InChI is InChI=1S/C12H16O4S/c1-8(2)11(13)12(14)9-4-6-10(7-5-9)17(3,15)16/h4-8,12,14H,1-3H3. The van der Waals surface area contributed by atoms with Crippen LogP contribution in [-0.2, 0) is 14.6 Å². The Morgan fingerprint density at radius 3 is 2.00 bits per heavy atom. The molecular weight excluding hydrogens is 240 g/mol. The molecule has 0 bridgehead atoms. The van der Waals surface area contributed by atoms with Gasteiger partial charge in [-0.05, 0) is 17.7 Å². The van der Waals surface area contributed by atoms with Gasteiger partial charge in [0, 0.05) is 12.2 Å². The molecule has 0 aliphatic heterocycles. The first-order chi connectivity index (χ1) is 7.73. The quantitative estimate of drug-likeness (QED) is 0.882. The maximum atomic E-state index is 11.6. The fourth-order valence-electron chi connectivity index (χ4n) is 1.38. The van der Waals surface area contributed by atoms with Crippen molar-refractivity contribution in [3.05, 3.63) is 29.8 Å². The van der Waals surface area contributed by atoms with Gasteiger partial charge in [-0.15, -0.1) is 0 Å². The molecule has 1 N–H and O–H groups in total. The van der Waals surface area contributed by atoms with Crippen molar-refractivity contribution in [2.24, 2.45) is 5.92 Å². The van der Waals surface area contributed by atoms with E-state index in [-0.39, 0.29) is 16.6 Å². The van der Waals surface area contributed by atoms with E-state index < -0.39 is 15.9 Å². The van der Waals surface area contributed by atoms with Crippen LogP contribution in [0.15, 0.2) is 29.2 Å². The summed E-state index contributed by atoms with van der Waals surface area (Å²) >= 11 is 0. The summed E-state index contributed by atoms with van der Waals surface area (Å²) < 4.78 is 22.5. The molecule has 5 heteroatoms. The van der Waals surface area contributed by atoms with Crippen LogP contribution < -0.4 is 0 Å². The third-order valence-electron chi connectivity index (χ3n) is 2.46. The van der Waals surface area contributed by atoms with Crippen molar-refractivity contribution in [1.29, 1.82) is 0 Å². The van der Waals surface area contributed by atoms with E-state index in [1.54, 1.807) is 13.8 Å². The number of carbonyl (C=O) groups excluding carboxylic acids is 1. The van der Waals surface area contributed by atoms with Gasteiger partial charge in [-0.2, -0.15) is 0 Å². The fraction of sp³-hybridized carbons (Fsp3) is 0.417. The van der Waals surface area contributed by atoms with Gasteiger partial charge in [-0.1, -0.05) is 26.0 Å². The Hall–Kier alpha value is -1.20. The van der Waals surface area contributed by atoms with Crippen molar-refractivity contribution >= 4 is 15.6 Å². The van der Waals surface area contributed by atoms with Crippen molar-refractivity contribution in [3.8, 4) is 0 Å². The third kappa shape index (κ3) is 3.38. The second-order valence-corrected chi connectivity index (χ2v) is 6.32. The molecule has 0 radical (unpaired) electrons. The molecule has 0 aromatic heterocycles. The van der Waals surface area contributed by atoms with Crippen LogP contribution in [0, 0.1) is 5.92 Å². The van der Waals surface area contributed by atoms with Gasteiger partial charge >= 0.3 is 0 Å². The first-order valence-electron chi connectivity index (χ1n) is 5.25. The molecule has 0 saturated carbocycles. The van der Waals surface area contributed by atoms with E-state index in [1.807, 2.05) is 0 Å². The van der Waals surface area contributed by atoms with Gasteiger partial charge < -0.3 is 5.11 Å². The van der Waals surface area contributed by atoms with E-state index in [0.29, 0.717) is 5.56 Å². The Morgan fingerprint density at radius 1 is 1.18 bits per heavy atom. The van der Waals surface area contributed by atoms with Crippen molar-refractivity contribution in [2.75, 3.05) is 6.26 Å². The molecule has 0 aliphatic carbocycles. The number of rotatable bonds is 4. The summed E-state index contributed by atoms with van der Waals surface area (Å²) in [6.07, 6.45) is -0.0823. The minimum atomic E-state index is -3.25. The highest BCUT2D eigenvalue weighted by molar-refractivity contribution is 7.90. The number of hydrogen-bond donors (Lipinski definition) is 1. The second-order valence-electron chi connectivity index (χ2n) is 4.30. The number of hydrogen-bond acceptors (Lipinski definition) is 4. The summed E-state index contributed by atoms with van der Waals surface area (Å²) in [5, 5.41) is 9.75. The van der Waals surface area contributed by atoms with Gasteiger partial charge in [-0.3, -0.25) is 4.79 Å². The number of benzene rings is 1. The fourth-order valence-corrected chi connectivity index (χ4v) is 2.01. The highest BCUT2D eigenvalue weighted by Gasteiger charge is 2.20. The maximum absolute atomic E-state index is 11.6. The molecule has 17 heavy (non-hydrogen) atoms. The number of aliphatic hydroxyl groups is 1. The summed E-state index contributed by atoms with van der Waals surface area (Å²) in [7, 11) is -3.25. The van der Waals surface area contributed by atoms with E-state index in [9.17, 15) is 18.3 Å². The Kier molecular flexibility index (Phi) is 4.06. The lowest BCUT2D eigenvalue weighted by Gasteiger charge is -2.12. The Morgan fingerprint density at radius 2 is 1.65 bits per heavy atom. The predicted molar refractivity (Wildman–Crippen MR) is 64.4 cm³/mol. The summed E-state index contributed by atoms with van der Waals surface area (Å²) in [5.41, 5.74) is 0.413. The minimum absolute atomic E-state index is 0.172. The molecule has 1 aromatic carbocycles. The Labute approximate surface area is 101 Å². The zero-order valence-electron chi connectivity index (χ0n) is 10.0. The van der Waals surface area contributed by atoms with Crippen LogP contribution in [0.2, 0.25) is 0 Å². The summed E-state index contributed by atoms with van der Waals surface area (Å²) in [4.78, 5) is 11.7. The lowest BCUT2D eigenvalue weighted by atomic mass is 9.98. The highest BCUT2D eigenvalue weighted by Crippen LogP contribution is 2.19. The SMILES string of the molecule is CC(C)C(=O)C(O)c1ccc(S(C)(=O)=O)cc1. The Bertz CT molecular complexity index is 500. The molecule has 94 valence electrons. The smallest absolute Gasteiger partial charge is 0.175 e. The van der Waals surface area contributed by atoms with Crippen LogP contribution in [0.5, 0.6) is 0 Å². The molecule has 1 atom stereocenters. The van der Waals surface area contributed by atoms with Crippen LogP contribution in [0.3, 0.4) is 0 Å². The zero-order chi connectivity index (χ0) is 13.2. The minimum Gasteiger partial charge on any atom is -0.381 e. The zero-order valence-corrected chi connectivity index (χ0v) is 10.9. The summed E-state index contributed by atoms with van der Waals surface area (Å²) in [5.74, 6) is -0.545. The van der Waals surface area contributed by atoms with Gasteiger partial charge in [-0.25, -0.2) is 8.42 Å². The van der Waals surface area contributed by atoms with Gasteiger partial charge in [0.25, 0.3) is 0 Å². The predicted octanol–water partition coefficient (Wildman–Crippen LogP) is 1.35. The average Bonchev–Trinajstić information content (AvgIpc) is 2.26. The highest BCUT2D eigenvalue weighted by atomic mass is 32.2. The number of carbonyl (C=O) groups is 1. The number of aliphatic hydroxyl groups excluding tert-OH is 1. The van der Waals surface area contributed by atoms with E-state index in [0.717, 1.165) is 6.26 Å². The molecule has 1 unspecified atom stereocenters. The first kappa shape index (κ1) is 13.9. The Balaban J connectivity index is 3.00. The molecule has 4 nitrogen and oxygen atoms in total. The monoisotopic (exact) mass is 256 g/mol. The van der Waals surface area contributed by atoms with Crippen LogP contribution >= 0.6 is 0 Å². The summed E-state index contributed by atoms with van der Waals surface area (Å²) in [6.45, 7) is 3.41. The molecule has 0 aliphatic rings. The molecular formula is C12H16O4S. The second kappa shape index (κ2) is 4.98. The molecule has 0 fully saturated rings. The number of Topliss-reactive ketones (excluding diaryl/α,β-unsaturated/α-hetero) is 1. The van der Waals surface area contributed by atoms with Crippen LogP contribution in [-0.4, -0.2) is 25.6 Å². The van der Waals surface area contributed by atoms with E-state index in [1.165, 1.54) is 24.3 Å². The van der Waals surface area contributed by atoms with Crippen molar-refractivity contribution < 1.29 is 18.3 Å². The van der Waals surface area contributed by atoms with Crippen molar-refractivity contribution in [2.45, 2.75) is 24.8 Å². The lowest BCUT2D eigenvalue weighted by Crippen LogP contribution is -2.17. The van der Waals surface area contributed by atoms with Gasteiger partial charge in [0.15, 0.2) is 15.6 Å². The molecule has 0 amide bonds. The molecule has 0 saturated heterocycles. The van der Waals surface area contributed by atoms with Crippen LogP contribution in [0.4, 0.5) is 0 Å². The van der Waals surface area contributed by atoms with Gasteiger partial charge in [0.2, 0.25) is 0 Å². The van der Waals surface area contributed by atoms with E-state index >= 15 is 0 Å². The topological polar surface area (TPSA) is 71.4 Å². The first-order valence-corrected chi connectivity index (χ1v) is 7.14. The van der Waals surface area contributed by atoms with Crippen molar-refractivity contribution in [1.82, 2.24) is 0 Å². The van der Waals surface area contributed by atoms with Crippen LogP contribution in [0.25, 0.3) is 0 Å². The van der Waals surface area contributed by atoms with Gasteiger partial charge in [0.05, 0.1) is 4.90 Å². The molecule has 1 rings (SSSR count). The van der Waals surface area contributed by atoms with Crippen molar-refractivity contribution in [3.63, 3.8) is 0 Å². The number of ketones is 1. The molecule has 1 aromatic rings. The van der Waals surface area contributed by atoms with E-state index in [4.69, 9.17) is 0 Å². The van der Waals surface area contributed by atoms with Crippen LogP contribution in [0.1, 0.15) is 25.5 Å².